The van der Waals surface area contributed by atoms with Crippen LogP contribution in [0.4, 0.5) is 4.79 Å². The number of alkyl carbamates (subject to hydrolysis) is 1. The van der Waals surface area contributed by atoms with Crippen molar-refractivity contribution < 1.29 is 43.2 Å². The molecule has 1 aromatic heterocycles. The SMILES string of the molecule is CC[C@H]1OC(=O)[C@]2(C)CCO[C@@](C)(C[C@@H](C)CN[C@H](C)[C@H]3NC(=O)O[C@@]31C)[C@H](O[C@@H]1O[C@H](CNCc3cccnc3)C[C@H](N(C)C)[C@H]1O)[C@@H](C)C2=O. The number of nitrogens with zero attached hydrogens (tertiary/aromatic N) is 2. The van der Waals surface area contributed by atoms with E-state index in [2.05, 4.69) is 27.9 Å². The van der Waals surface area contributed by atoms with Gasteiger partial charge in [0.1, 0.15) is 17.6 Å². The molecule has 13 atom stereocenters. The number of Topliss-reactive ketones (excluding diaryl/α,β-unsaturated/α-hetero) is 1. The van der Waals surface area contributed by atoms with Gasteiger partial charge >= 0.3 is 12.1 Å². The van der Waals surface area contributed by atoms with Crippen LogP contribution < -0.4 is 16.0 Å². The van der Waals surface area contributed by atoms with Gasteiger partial charge in [0.25, 0.3) is 0 Å². The average Bonchev–Trinajstić information content (AvgIpc) is 3.42. The molecule has 0 radical (unpaired) electrons. The second kappa shape index (κ2) is 16.3. The molecule has 0 saturated carbocycles. The highest BCUT2D eigenvalue weighted by atomic mass is 16.7. The van der Waals surface area contributed by atoms with Crippen LogP contribution in [0.1, 0.15) is 79.7 Å². The largest absolute Gasteiger partial charge is 0.457 e. The fraction of sp³-hybridized carbons (Fsp3) is 0.789. The van der Waals surface area contributed by atoms with E-state index in [0.29, 0.717) is 38.9 Å². The average molecular weight is 732 g/mol. The monoisotopic (exact) mass is 731 g/mol. The van der Waals surface area contributed by atoms with Crippen molar-refractivity contribution in [2.45, 2.75) is 141 Å². The van der Waals surface area contributed by atoms with E-state index >= 15 is 0 Å². The molecule has 0 aliphatic carbocycles. The fourth-order valence-electron chi connectivity index (χ4n) is 8.79. The van der Waals surface area contributed by atoms with Crippen molar-refractivity contribution in [3.63, 3.8) is 0 Å². The standard InChI is InChI=1S/C38H61N5O9/c1-10-28-38(7)30(42-35(47)52-38)24(4)41-18-22(2)17-37(6)32(23(3)31(45)36(5,13-15-48-37)34(46)50-28)51-33-29(44)27(43(8)9)16-26(49-33)21-40-20-25-12-11-14-39-19-25/h11-12,14,19,22-24,26-30,32-33,40-41,44H,10,13,15-18,20-21H2,1-9H3,(H,42,47)/t22-,23+,24-,26+,27+,28-,29-,30-,32-,33+,36-,37+,38-/m1/s1. The van der Waals surface area contributed by atoms with E-state index in [1.807, 2.05) is 58.1 Å². The lowest BCUT2D eigenvalue weighted by Crippen LogP contribution is -2.62. The van der Waals surface area contributed by atoms with Crippen LogP contribution in [-0.4, -0.2) is 127 Å². The summed E-state index contributed by atoms with van der Waals surface area (Å²) in [6.07, 6.45) is 0.387. The summed E-state index contributed by atoms with van der Waals surface area (Å²) in [5, 5.41) is 21.6. The summed E-state index contributed by atoms with van der Waals surface area (Å²) in [5.74, 6) is -1.86. The molecule has 14 nitrogen and oxygen atoms in total. The van der Waals surface area contributed by atoms with Crippen LogP contribution >= 0.6 is 0 Å². The summed E-state index contributed by atoms with van der Waals surface area (Å²) < 4.78 is 32.1. The van der Waals surface area contributed by atoms with Crippen LogP contribution in [0.5, 0.6) is 0 Å². The number of fused-ring (bicyclic) bond motifs is 10. The first-order valence-corrected chi connectivity index (χ1v) is 18.9. The number of aliphatic hydroxyl groups excluding tert-OH is 1. The molecular weight excluding hydrogens is 670 g/mol. The van der Waals surface area contributed by atoms with Crippen LogP contribution in [0, 0.1) is 17.3 Å². The third-order valence-electron chi connectivity index (χ3n) is 11.9. The molecule has 292 valence electrons. The zero-order valence-corrected chi connectivity index (χ0v) is 32.3. The number of ether oxygens (including phenoxy) is 5. The number of ketones is 1. The summed E-state index contributed by atoms with van der Waals surface area (Å²) in [6.45, 7) is 14.8. The number of likely N-dealkylation sites (N-methyl/N-ethyl adjacent to an activating group) is 1. The highest BCUT2D eigenvalue weighted by Gasteiger charge is 2.58. The number of carbonyl (C=O) groups excluding carboxylic acids is 3. The number of pyridine rings is 1. The lowest BCUT2D eigenvalue weighted by Gasteiger charge is -2.49. The fourth-order valence-corrected chi connectivity index (χ4v) is 8.79. The third kappa shape index (κ3) is 8.33. The summed E-state index contributed by atoms with van der Waals surface area (Å²) in [7, 11) is 3.83. The highest BCUT2D eigenvalue weighted by Crippen LogP contribution is 2.43. The molecule has 52 heavy (non-hydrogen) atoms. The van der Waals surface area contributed by atoms with Gasteiger partial charge in [0, 0.05) is 50.1 Å². The number of rotatable bonds is 8. The molecule has 4 N–H and O–H groups in total. The molecule has 0 unspecified atom stereocenters. The topological polar surface area (TPSA) is 170 Å². The first kappa shape index (κ1) is 40.5. The Morgan fingerprint density at radius 3 is 2.58 bits per heavy atom. The van der Waals surface area contributed by atoms with E-state index in [4.69, 9.17) is 23.7 Å². The molecule has 1 aromatic rings. The van der Waals surface area contributed by atoms with Crippen LogP contribution in [-0.2, 0) is 39.8 Å². The summed E-state index contributed by atoms with van der Waals surface area (Å²) in [5.41, 5.74) is -2.72. The molecule has 6 heterocycles. The van der Waals surface area contributed by atoms with Crippen molar-refractivity contribution in [3.05, 3.63) is 30.1 Å². The molecule has 5 aliphatic rings. The van der Waals surface area contributed by atoms with Gasteiger partial charge in [-0.25, -0.2) is 4.79 Å². The second-order valence-corrected chi connectivity index (χ2v) is 16.3. The number of esters is 1. The Kier molecular flexibility index (Phi) is 12.7. The van der Waals surface area contributed by atoms with Crippen LogP contribution in [0.25, 0.3) is 0 Å². The van der Waals surface area contributed by atoms with Crippen molar-refractivity contribution in [1.29, 1.82) is 0 Å². The zero-order chi connectivity index (χ0) is 38.0. The number of nitrogens with one attached hydrogen (secondary N) is 3. The Labute approximate surface area is 308 Å². The Hall–Kier alpha value is -2.72. The van der Waals surface area contributed by atoms with Gasteiger partial charge in [0.15, 0.2) is 17.7 Å². The first-order valence-electron chi connectivity index (χ1n) is 18.9. The zero-order valence-electron chi connectivity index (χ0n) is 32.3. The van der Waals surface area contributed by atoms with Crippen LogP contribution in [0.2, 0.25) is 0 Å². The summed E-state index contributed by atoms with van der Waals surface area (Å²) >= 11 is 0. The van der Waals surface area contributed by atoms with E-state index in [-0.39, 0.29) is 42.9 Å². The van der Waals surface area contributed by atoms with Crippen molar-refractivity contribution in [3.8, 4) is 0 Å². The Morgan fingerprint density at radius 1 is 1.15 bits per heavy atom. The van der Waals surface area contributed by atoms with Crippen molar-refractivity contribution in [1.82, 2.24) is 25.8 Å². The predicted molar refractivity (Wildman–Crippen MR) is 192 cm³/mol. The van der Waals surface area contributed by atoms with Crippen molar-refractivity contribution >= 4 is 17.8 Å². The van der Waals surface area contributed by atoms with Gasteiger partial charge in [0.2, 0.25) is 0 Å². The quantitative estimate of drug-likeness (QED) is 0.228. The van der Waals surface area contributed by atoms with E-state index in [1.165, 1.54) is 0 Å². The van der Waals surface area contributed by atoms with Gasteiger partial charge in [-0.3, -0.25) is 14.6 Å². The molecule has 14 heteroatoms. The highest BCUT2D eigenvalue weighted by molar-refractivity contribution is 6.04. The normalized spacial score (nSPS) is 42.0. The lowest BCUT2D eigenvalue weighted by molar-refractivity contribution is -0.301. The number of carbonyl (C=O) groups is 3. The van der Waals surface area contributed by atoms with Gasteiger partial charge in [-0.1, -0.05) is 26.8 Å². The van der Waals surface area contributed by atoms with E-state index in [9.17, 15) is 19.5 Å². The molecule has 5 fully saturated rings. The molecule has 6 rings (SSSR count). The maximum absolute atomic E-state index is 14.7. The molecular formula is C38H61N5O9. The minimum atomic E-state index is -1.58. The lowest BCUT2D eigenvalue weighted by atomic mass is 9.70. The Balaban J connectivity index is 1.46. The van der Waals surface area contributed by atoms with Crippen LogP contribution in [0.3, 0.4) is 0 Å². The smallest absolute Gasteiger partial charge is 0.408 e. The molecule has 2 bridgehead atoms. The minimum absolute atomic E-state index is 0.0251. The minimum Gasteiger partial charge on any atom is -0.457 e. The number of aromatic nitrogens is 1. The Bertz CT molecular complexity index is 1400. The van der Waals surface area contributed by atoms with Crippen molar-refractivity contribution in [2.75, 3.05) is 33.8 Å². The van der Waals surface area contributed by atoms with Gasteiger partial charge < -0.3 is 49.6 Å². The molecule has 1 amide bonds. The number of amides is 1. The van der Waals surface area contributed by atoms with Gasteiger partial charge in [-0.05, 0) is 91.6 Å². The molecule has 0 spiro atoms. The number of aliphatic hydroxyl groups is 1. The molecule has 5 saturated heterocycles. The van der Waals surface area contributed by atoms with Gasteiger partial charge in [0.05, 0.1) is 23.9 Å². The van der Waals surface area contributed by atoms with Crippen LogP contribution in [0.15, 0.2) is 24.5 Å². The summed E-state index contributed by atoms with van der Waals surface area (Å²) in [6, 6.07) is 2.87. The first-order chi connectivity index (χ1) is 24.5. The number of hydrogen-bond donors (Lipinski definition) is 4. The van der Waals surface area contributed by atoms with Gasteiger partial charge in [-0.2, -0.15) is 0 Å². The number of hydrogen-bond acceptors (Lipinski definition) is 13. The third-order valence-corrected chi connectivity index (χ3v) is 11.9. The second-order valence-electron chi connectivity index (χ2n) is 16.3. The van der Waals surface area contributed by atoms with E-state index < -0.39 is 65.2 Å². The van der Waals surface area contributed by atoms with Gasteiger partial charge in [-0.15, -0.1) is 0 Å². The van der Waals surface area contributed by atoms with Crippen molar-refractivity contribution in [2.24, 2.45) is 17.3 Å². The molecule has 5 aliphatic heterocycles. The Morgan fingerprint density at radius 2 is 1.90 bits per heavy atom. The maximum Gasteiger partial charge on any atom is 0.408 e. The predicted octanol–water partition coefficient (Wildman–Crippen LogP) is 2.56. The van der Waals surface area contributed by atoms with E-state index in [0.717, 1.165) is 5.56 Å². The maximum atomic E-state index is 14.7. The summed E-state index contributed by atoms with van der Waals surface area (Å²) in [4.78, 5) is 47.8. The van der Waals surface area contributed by atoms with E-state index in [1.54, 1.807) is 27.0 Å². The molecule has 0 aromatic carbocycles.